The Kier molecular flexibility index (Phi) is 5.12. The van der Waals surface area contributed by atoms with Crippen LogP contribution in [0.1, 0.15) is 34.2 Å². The Bertz CT molecular complexity index is 854. The Balaban J connectivity index is 1.91. The Morgan fingerprint density at radius 1 is 0.778 bits per heavy atom. The molecule has 1 aliphatic heterocycles. The maximum atomic E-state index is 5.77. The van der Waals surface area contributed by atoms with Crippen LogP contribution in [0, 0.1) is 0 Å². The normalized spacial score (nSPS) is 16.0. The van der Waals surface area contributed by atoms with E-state index in [1.807, 2.05) is 12.1 Å². The molecule has 3 aromatic rings. The molecule has 0 saturated heterocycles. The lowest BCUT2D eigenvalue weighted by Gasteiger charge is -2.35. The molecule has 3 nitrogen and oxygen atoms in total. The van der Waals surface area contributed by atoms with Gasteiger partial charge < -0.3 is 14.8 Å². The molecule has 1 aliphatic rings. The highest BCUT2D eigenvalue weighted by Crippen LogP contribution is 2.45. The Morgan fingerprint density at radius 2 is 1.33 bits per heavy atom. The van der Waals surface area contributed by atoms with Gasteiger partial charge in [-0.2, -0.15) is 0 Å². The second kappa shape index (κ2) is 7.85. The fourth-order valence-corrected chi connectivity index (χ4v) is 4.23. The first kappa shape index (κ1) is 17.6. The third-order valence-electron chi connectivity index (χ3n) is 5.41. The summed E-state index contributed by atoms with van der Waals surface area (Å²) < 4.78 is 11.4. The molecule has 3 aromatic carbocycles. The molecule has 0 amide bonds. The first-order chi connectivity index (χ1) is 13.3. The van der Waals surface area contributed by atoms with E-state index in [0.717, 1.165) is 24.5 Å². The minimum absolute atomic E-state index is 0.114. The van der Waals surface area contributed by atoms with Crippen LogP contribution in [0.5, 0.6) is 11.5 Å². The van der Waals surface area contributed by atoms with Crippen LogP contribution in [-0.4, -0.2) is 20.8 Å². The van der Waals surface area contributed by atoms with E-state index in [9.17, 15) is 0 Å². The van der Waals surface area contributed by atoms with Crippen LogP contribution in [0.15, 0.2) is 72.8 Å². The zero-order valence-electron chi connectivity index (χ0n) is 15.8. The van der Waals surface area contributed by atoms with Gasteiger partial charge in [0.25, 0.3) is 0 Å². The van der Waals surface area contributed by atoms with Gasteiger partial charge in [-0.15, -0.1) is 0 Å². The van der Waals surface area contributed by atoms with E-state index in [2.05, 4.69) is 66.0 Å². The molecular formula is C24H25NO2. The molecule has 27 heavy (non-hydrogen) atoms. The standard InChI is InChI=1S/C24H25NO2/c1-26-20-13-14-21(27-2)23-19(20)15-16-25-24(23)22(17-9-5-3-6-10-17)18-11-7-4-8-12-18/h3-14,22,24-25H,15-16H2,1-2H3. The fraction of sp³-hybridized carbons (Fsp3) is 0.250. The number of nitrogens with one attached hydrogen (secondary N) is 1. The van der Waals surface area contributed by atoms with Crippen LogP contribution in [0.2, 0.25) is 0 Å². The SMILES string of the molecule is COc1ccc(OC)c2c1CCNC2C(c1ccccc1)c1ccccc1. The summed E-state index contributed by atoms with van der Waals surface area (Å²) in [5.74, 6) is 2.05. The molecule has 1 N–H and O–H groups in total. The molecule has 0 radical (unpaired) electrons. The average molecular weight is 359 g/mol. The second-order valence-corrected chi connectivity index (χ2v) is 6.84. The van der Waals surface area contributed by atoms with Gasteiger partial charge in [-0.05, 0) is 36.2 Å². The van der Waals surface area contributed by atoms with Gasteiger partial charge in [0.1, 0.15) is 11.5 Å². The summed E-state index contributed by atoms with van der Waals surface area (Å²) in [6.07, 6.45) is 0.933. The fourth-order valence-electron chi connectivity index (χ4n) is 4.23. The Morgan fingerprint density at radius 3 is 1.89 bits per heavy atom. The van der Waals surface area contributed by atoms with Crippen molar-refractivity contribution in [3.05, 3.63) is 95.1 Å². The van der Waals surface area contributed by atoms with Crippen molar-refractivity contribution in [2.24, 2.45) is 0 Å². The lowest BCUT2D eigenvalue weighted by atomic mass is 9.78. The molecule has 4 rings (SSSR count). The van der Waals surface area contributed by atoms with E-state index in [-0.39, 0.29) is 12.0 Å². The largest absolute Gasteiger partial charge is 0.496 e. The molecule has 0 aromatic heterocycles. The van der Waals surface area contributed by atoms with Crippen molar-refractivity contribution in [3.8, 4) is 11.5 Å². The van der Waals surface area contributed by atoms with Crippen LogP contribution >= 0.6 is 0 Å². The van der Waals surface area contributed by atoms with Crippen molar-refractivity contribution < 1.29 is 9.47 Å². The highest BCUT2D eigenvalue weighted by molar-refractivity contribution is 5.54. The van der Waals surface area contributed by atoms with E-state index in [1.54, 1.807) is 14.2 Å². The maximum Gasteiger partial charge on any atom is 0.124 e. The van der Waals surface area contributed by atoms with Crippen LogP contribution in [0.4, 0.5) is 0 Å². The van der Waals surface area contributed by atoms with Crippen LogP contribution in [0.25, 0.3) is 0 Å². The molecule has 0 fully saturated rings. The van der Waals surface area contributed by atoms with Crippen molar-refractivity contribution in [3.63, 3.8) is 0 Å². The molecule has 0 bridgehead atoms. The quantitative estimate of drug-likeness (QED) is 0.715. The zero-order chi connectivity index (χ0) is 18.6. The summed E-state index contributed by atoms with van der Waals surface area (Å²) >= 11 is 0. The highest BCUT2D eigenvalue weighted by Gasteiger charge is 2.33. The molecule has 1 atom stereocenters. The first-order valence-corrected chi connectivity index (χ1v) is 9.40. The maximum absolute atomic E-state index is 5.77. The summed E-state index contributed by atoms with van der Waals surface area (Å²) in [5.41, 5.74) is 5.04. The molecule has 0 saturated carbocycles. The molecule has 3 heteroatoms. The zero-order valence-corrected chi connectivity index (χ0v) is 15.8. The van der Waals surface area contributed by atoms with E-state index in [0.29, 0.717) is 0 Å². The number of hydrogen-bond donors (Lipinski definition) is 1. The minimum atomic E-state index is 0.114. The van der Waals surface area contributed by atoms with Crippen molar-refractivity contribution in [1.82, 2.24) is 5.32 Å². The second-order valence-electron chi connectivity index (χ2n) is 6.84. The third kappa shape index (κ3) is 3.31. The number of fused-ring (bicyclic) bond motifs is 1. The topological polar surface area (TPSA) is 30.5 Å². The van der Waals surface area contributed by atoms with Gasteiger partial charge in [0, 0.05) is 23.1 Å². The molecule has 0 aliphatic carbocycles. The number of hydrogen-bond acceptors (Lipinski definition) is 3. The van der Waals surface area contributed by atoms with Crippen molar-refractivity contribution in [1.29, 1.82) is 0 Å². The number of benzene rings is 3. The van der Waals surface area contributed by atoms with Gasteiger partial charge in [0.2, 0.25) is 0 Å². The summed E-state index contributed by atoms with van der Waals surface area (Å²) in [4.78, 5) is 0. The molecule has 1 unspecified atom stereocenters. The number of rotatable bonds is 5. The predicted octanol–water partition coefficient (Wildman–Crippen LogP) is 4.72. The summed E-state index contributed by atoms with van der Waals surface area (Å²) in [6.45, 7) is 0.914. The van der Waals surface area contributed by atoms with Crippen molar-refractivity contribution in [2.75, 3.05) is 20.8 Å². The highest BCUT2D eigenvalue weighted by atomic mass is 16.5. The van der Waals surface area contributed by atoms with Gasteiger partial charge in [-0.3, -0.25) is 0 Å². The van der Waals surface area contributed by atoms with Gasteiger partial charge in [0.05, 0.1) is 14.2 Å². The summed E-state index contributed by atoms with van der Waals surface area (Å²) in [6, 6.07) is 25.6. The lowest BCUT2D eigenvalue weighted by Crippen LogP contribution is -2.35. The number of ether oxygens (including phenoxy) is 2. The minimum Gasteiger partial charge on any atom is -0.496 e. The van der Waals surface area contributed by atoms with E-state index in [1.165, 1.54) is 22.3 Å². The van der Waals surface area contributed by atoms with E-state index >= 15 is 0 Å². The lowest BCUT2D eigenvalue weighted by molar-refractivity contribution is 0.368. The Hall–Kier alpha value is -2.78. The Labute approximate surface area is 161 Å². The monoisotopic (exact) mass is 359 g/mol. The van der Waals surface area contributed by atoms with Crippen molar-refractivity contribution >= 4 is 0 Å². The smallest absolute Gasteiger partial charge is 0.124 e. The predicted molar refractivity (Wildman–Crippen MR) is 109 cm³/mol. The van der Waals surface area contributed by atoms with Crippen LogP contribution in [-0.2, 0) is 6.42 Å². The molecule has 138 valence electrons. The average Bonchev–Trinajstić information content (AvgIpc) is 2.75. The van der Waals surface area contributed by atoms with Gasteiger partial charge in [-0.1, -0.05) is 60.7 Å². The molecule has 0 spiro atoms. The van der Waals surface area contributed by atoms with Crippen molar-refractivity contribution in [2.45, 2.75) is 18.4 Å². The first-order valence-electron chi connectivity index (χ1n) is 9.40. The van der Waals surface area contributed by atoms with Gasteiger partial charge in [0.15, 0.2) is 0 Å². The van der Waals surface area contributed by atoms with Gasteiger partial charge in [-0.25, -0.2) is 0 Å². The molecular weight excluding hydrogens is 334 g/mol. The van der Waals surface area contributed by atoms with Crippen LogP contribution in [0.3, 0.4) is 0 Å². The number of methoxy groups -OCH3 is 2. The van der Waals surface area contributed by atoms with E-state index in [4.69, 9.17) is 9.47 Å². The third-order valence-corrected chi connectivity index (χ3v) is 5.41. The van der Waals surface area contributed by atoms with Gasteiger partial charge >= 0.3 is 0 Å². The van der Waals surface area contributed by atoms with Crippen LogP contribution < -0.4 is 14.8 Å². The molecule has 1 heterocycles. The summed E-state index contributed by atoms with van der Waals surface area (Å²) in [7, 11) is 3.48. The van der Waals surface area contributed by atoms with E-state index < -0.39 is 0 Å². The summed E-state index contributed by atoms with van der Waals surface area (Å²) in [5, 5.41) is 3.76.